The van der Waals surface area contributed by atoms with Crippen LogP contribution in [0.25, 0.3) is 5.69 Å². The Morgan fingerprint density at radius 1 is 1.41 bits per heavy atom. The number of carbonyl (C=O) groups is 1. The molecule has 0 radical (unpaired) electrons. The summed E-state index contributed by atoms with van der Waals surface area (Å²) in [5.41, 5.74) is 1.81. The number of hydrogen-bond acceptors (Lipinski definition) is 3. The molecular weight excluding hydrogens is 303 g/mol. The van der Waals surface area contributed by atoms with Crippen molar-refractivity contribution in [2.45, 2.75) is 5.37 Å². The maximum Gasteiger partial charge on any atom is 0.233 e. The van der Waals surface area contributed by atoms with Crippen molar-refractivity contribution >= 4 is 17.7 Å². The molecule has 0 aliphatic carbocycles. The smallest absolute Gasteiger partial charge is 0.233 e. The minimum absolute atomic E-state index is 0.00235. The van der Waals surface area contributed by atoms with E-state index in [2.05, 4.69) is 0 Å². The summed E-state index contributed by atoms with van der Waals surface area (Å²) in [6.07, 6.45) is 3.84. The Bertz CT molecular complexity index is 674. The van der Waals surface area contributed by atoms with E-state index in [0.29, 0.717) is 18.9 Å². The van der Waals surface area contributed by atoms with Crippen molar-refractivity contribution in [1.29, 1.82) is 0 Å². The van der Waals surface area contributed by atoms with Crippen LogP contribution in [-0.4, -0.2) is 41.4 Å². The van der Waals surface area contributed by atoms with Crippen molar-refractivity contribution in [1.82, 2.24) is 9.47 Å². The zero-order valence-corrected chi connectivity index (χ0v) is 13.1. The minimum atomic E-state index is -0.264. The SMILES string of the molecule is COCCN1C(=O)CSC1c1ccn(-c2cccc(F)c2)c1. The van der Waals surface area contributed by atoms with Gasteiger partial charge in [-0.2, -0.15) is 0 Å². The fraction of sp³-hybridized carbons (Fsp3) is 0.312. The molecule has 1 fully saturated rings. The number of ether oxygens (including phenoxy) is 1. The number of thioether (sulfide) groups is 1. The number of carbonyl (C=O) groups excluding carboxylic acids is 1. The number of amides is 1. The number of rotatable bonds is 5. The highest BCUT2D eigenvalue weighted by Crippen LogP contribution is 2.38. The van der Waals surface area contributed by atoms with Gasteiger partial charge < -0.3 is 14.2 Å². The minimum Gasteiger partial charge on any atom is -0.383 e. The van der Waals surface area contributed by atoms with Gasteiger partial charge in [0.25, 0.3) is 0 Å². The van der Waals surface area contributed by atoms with E-state index < -0.39 is 0 Å². The van der Waals surface area contributed by atoms with Gasteiger partial charge in [0, 0.05) is 37.3 Å². The predicted molar refractivity (Wildman–Crippen MR) is 84.5 cm³/mol. The van der Waals surface area contributed by atoms with Crippen molar-refractivity contribution in [2.75, 3.05) is 26.0 Å². The van der Waals surface area contributed by atoms with Crippen LogP contribution in [0.3, 0.4) is 0 Å². The Morgan fingerprint density at radius 2 is 2.27 bits per heavy atom. The summed E-state index contributed by atoms with van der Waals surface area (Å²) in [6.45, 7) is 1.10. The molecule has 0 N–H and O–H groups in total. The van der Waals surface area contributed by atoms with Gasteiger partial charge in [-0.05, 0) is 24.3 Å². The van der Waals surface area contributed by atoms with Crippen LogP contribution < -0.4 is 0 Å². The molecule has 0 bridgehead atoms. The van der Waals surface area contributed by atoms with E-state index in [9.17, 15) is 9.18 Å². The topological polar surface area (TPSA) is 34.5 Å². The molecule has 1 amide bonds. The van der Waals surface area contributed by atoms with Crippen molar-refractivity contribution in [2.24, 2.45) is 0 Å². The largest absolute Gasteiger partial charge is 0.383 e. The Hall–Kier alpha value is -1.79. The molecule has 0 saturated carbocycles. The number of aromatic nitrogens is 1. The quantitative estimate of drug-likeness (QED) is 0.849. The lowest BCUT2D eigenvalue weighted by Crippen LogP contribution is -2.31. The number of benzene rings is 1. The molecule has 1 atom stereocenters. The molecule has 116 valence electrons. The molecule has 1 saturated heterocycles. The molecule has 1 aliphatic rings. The first-order chi connectivity index (χ1) is 10.7. The first kappa shape index (κ1) is 15.1. The second-order valence-electron chi connectivity index (χ2n) is 5.08. The molecule has 2 heterocycles. The third-order valence-corrected chi connectivity index (χ3v) is 4.87. The van der Waals surface area contributed by atoms with Crippen molar-refractivity contribution in [3.63, 3.8) is 0 Å². The van der Waals surface area contributed by atoms with Crippen molar-refractivity contribution < 1.29 is 13.9 Å². The van der Waals surface area contributed by atoms with Gasteiger partial charge >= 0.3 is 0 Å². The standard InChI is InChI=1S/C16H17FN2O2S/c1-21-8-7-19-15(20)11-22-16(19)12-5-6-18(10-12)14-4-2-3-13(17)9-14/h2-6,9-10,16H,7-8,11H2,1H3. The maximum atomic E-state index is 13.3. The molecule has 1 aromatic carbocycles. The zero-order valence-electron chi connectivity index (χ0n) is 12.2. The normalized spacial score (nSPS) is 18.2. The van der Waals surface area contributed by atoms with Gasteiger partial charge in [-0.3, -0.25) is 4.79 Å². The molecule has 2 aromatic rings. The van der Waals surface area contributed by atoms with Gasteiger partial charge in [-0.15, -0.1) is 11.8 Å². The van der Waals surface area contributed by atoms with Gasteiger partial charge in [0.15, 0.2) is 0 Å². The highest BCUT2D eigenvalue weighted by Gasteiger charge is 2.32. The molecule has 1 aromatic heterocycles. The first-order valence-corrected chi connectivity index (χ1v) is 8.08. The Morgan fingerprint density at radius 3 is 3.05 bits per heavy atom. The second-order valence-corrected chi connectivity index (χ2v) is 6.14. The fourth-order valence-electron chi connectivity index (χ4n) is 2.52. The Labute approximate surface area is 132 Å². The predicted octanol–water partition coefficient (Wildman–Crippen LogP) is 2.84. The number of halogens is 1. The number of methoxy groups -OCH3 is 1. The lowest BCUT2D eigenvalue weighted by atomic mass is 10.3. The van der Waals surface area contributed by atoms with Crippen LogP contribution in [-0.2, 0) is 9.53 Å². The van der Waals surface area contributed by atoms with E-state index in [1.54, 1.807) is 24.9 Å². The molecule has 4 nitrogen and oxygen atoms in total. The highest BCUT2D eigenvalue weighted by atomic mass is 32.2. The number of nitrogens with zero attached hydrogens (tertiary/aromatic N) is 2. The Balaban J connectivity index is 1.82. The van der Waals surface area contributed by atoms with E-state index in [1.165, 1.54) is 12.1 Å². The molecule has 3 rings (SSSR count). The Kier molecular flexibility index (Phi) is 4.49. The van der Waals surface area contributed by atoms with Crippen LogP contribution in [0.5, 0.6) is 0 Å². The second kappa shape index (κ2) is 6.54. The lowest BCUT2D eigenvalue weighted by molar-refractivity contribution is -0.128. The van der Waals surface area contributed by atoms with Crippen LogP contribution in [0.4, 0.5) is 4.39 Å². The van der Waals surface area contributed by atoms with Crippen LogP contribution in [0.15, 0.2) is 42.7 Å². The van der Waals surface area contributed by atoms with Gasteiger partial charge in [-0.25, -0.2) is 4.39 Å². The summed E-state index contributed by atoms with van der Waals surface area (Å²) >= 11 is 1.61. The van der Waals surface area contributed by atoms with Crippen LogP contribution in [0.2, 0.25) is 0 Å². The first-order valence-electron chi connectivity index (χ1n) is 7.03. The van der Waals surface area contributed by atoms with Gasteiger partial charge in [0.05, 0.1) is 12.4 Å². The summed E-state index contributed by atoms with van der Waals surface area (Å²) in [5, 5.41) is -0.00235. The maximum absolute atomic E-state index is 13.3. The molecule has 6 heteroatoms. The van der Waals surface area contributed by atoms with Crippen molar-refractivity contribution in [3.05, 3.63) is 54.1 Å². The summed E-state index contributed by atoms with van der Waals surface area (Å²) in [7, 11) is 1.63. The zero-order chi connectivity index (χ0) is 15.5. The average molecular weight is 320 g/mol. The van der Waals surface area contributed by atoms with E-state index in [1.807, 2.05) is 34.0 Å². The highest BCUT2D eigenvalue weighted by molar-refractivity contribution is 8.00. The summed E-state index contributed by atoms with van der Waals surface area (Å²) in [6, 6.07) is 8.41. The monoisotopic (exact) mass is 320 g/mol. The molecule has 22 heavy (non-hydrogen) atoms. The molecule has 1 unspecified atom stereocenters. The van der Waals surface area contributed by atoms with E-state index in [4.69, 9.17) is 4.74 Å². The molecule has 0 spiro atoms. The average Bonchev–Trinajstić information content (AvgIpc) is 3.12. The van der Waals surface area contributed by atoms with E-state index >= 15 is 0 Å². The summed E-state index contributed by atoms with van der Waals surface area (Å²) in [4.78, 5) is 13.8. The fourth-order valence-corrected chi connectivity index (χ4v) is 3.72. The molecule has 1 aliphatic heterocycles. The van der Waals surface area contributed by atoms with Crippen molar-refractivity contribution in [3.8, 4) is 5.69 Å². The lowest BCUT2D eigenvalue weighted by Gasteiger charge is -2.22. The summed E-state index contributed by atoms with van der Waals surface area (Å²) in [5.74, 6) is 0.352. The third-order valence-electron chi connectivity index (χ3n) is 3.61. The van der Waals surface area contributed by atoms with E-state index in [0.717, 1.165) is 11.3 Å². The van der Waals surface area contributed by atoms with Gasteiger partial charge in [0.2, 0.25) is 5.91 Å². The molecular formula is C16H17FN2O2S. The van der Waals surface area contributed by atoms with Crippen LogP contribution in [0, 0.1) is 5.82 Å². The van der Waals surface area contributed by atoms with Gasteiger partial charge in [-0.1, -0.05) is 6.07 Å². The number of hydrogen-bond donors (Lipinski definition) is 0. The van der Waals surface area contributed by atoms with Crippen LogP contribution >= 0.6 is 11.8 Å². The van der Waals surface area contributed by atoms with Crippen LogP contribution in [0.1, 0.15) is 10.9 Å². The summed E-state index contributed by atoms with van der Waals surface area (Å²) < 4.78 is 20.3. The third kappa shape index (κ3) is 3.03. The van der Waals surface area contributed by atoms with E-state index in [-0.39, 0.29) is 17.1 Å². The van der Waals surface area contributed by atoms with Gasteiger partial charge in [0.1, 0.15) is 11.2 Å².